The highest BCUT2D eigenvalue weighted by molar-refractivity contribution is 7.53. The van der Waals surface area contributed by atoms with Crippen LogP contribution in [0.4, 0.5) is 0 Å². The Morgan fingerprint density at radius 2 is 2.20 bits per heavy atom. The Balaban J connectivity index is 4.07. The standard InChI is InChI=1S/C6H13O3P/c1-5-10(7,8-4)9-6(2)3/h2,5H2,1,3-4H3. The SMILES string of the molecule is C=C(C)OP(=O)(CC)OC. The molecule has 0 rings (SSSR count). The van der Waals surface area contributed by atoms with E-state index in [-0.39, 0.29) is 0 Å². The fourth-order valence-corrected chi connectivity index (χ4v) is 1.41. The minimum absolute atomic E-state index is 0.371. The van der Waals surface area contributed by atoms with Gasteiger partial charge in [-0.2, -0.15) is 0 Å². The Hall–Kier alpha value is -0.270. The molecule has 0 aromatic carbocycles. The molecule has 4 heteroatoms. The Morgan fingerprint density at radius 1 is 1.70 bits per heavy atom. The summed E-state index contributed by atoms with van der Waals surface area (Å²) in [6, 6.07) is 0. The van der Waals surface area contributed by atoms with Gasteiger partial charge in [-0.05, 0) is 6.92 Å². The summed E-state index contributed by atoms with van der Waals surface area (Å²) in [6.07, 6.45) is 0.371. The second kappa shape index (κ2) is 3.79. The average molecular weight is 164 g/mol. The van der Waals surface area contributed by atoms with E-state index in [2.05, 4.69) is 11.1 Å². The van der Waals surface area contributed by atoms with Crippen LogP contribution < -0.4 is 0 Å². The highest BCUT2D eigenvalue weighted by atomic mass is 31.2. The molecule has 0 aromatic heterocycles. The monoisotopic (exact) mass is 164 g/mol. The first kappa shape index (κ1) is 9.73. The van der Waals surface area contributed by atoms with Gasteiger partial charge in [0.15, 0.2) is 0 Å². The lowest BCUT2D eigenvalue weighted by molar-refractivity contribution is 0.285. The third kappa shape index (κ3) is 3.04. The van der Waals surface area contributed by atoms with Crippen LogP contribution >= 0.6 is 7.60 Å². The summed E-state index contributed by atoms with van der Waals surface area (Å²) in [5, 5.41) is 0. The summed E-state index contributed by atoms with van der Waals surface area (Å²) in [5.74, 6) is 0.423. The quantitative estimate of drug-likeness (QED) is 0.472. The lowest BCUT2D eigenvalue weighted by atomic mass is 10.7. The number of allylic oxidation sites excluding steroid dienone is 1. The zero-order valence-corrected chi connectivity index (χ0v) is 7.48. The zero-order chi connectivity index (χ0) is 8.20. The van der Waals surface area contributed by atoms with E-state index in [9.17, 15) is 4.57 Å². The molecule has 3 nitrogen and oxygen atoms in total. The number of hydrogen-bond acceptors (Lipinski definition) is 3. The van der Waals surface area contributed by atoms with Crippen molar-refractivity contribution in [3.63, 3.8) is 0 Å². The predicted molar refractivity (Wildman–Crippen MR) is 41.1 cm³/mol. The molecule has 1 atom stereocenters. The van der Waals surface area contributed by atoms with Gasteiger partial charge in [0.2, 0.25) is 0 Å². The lowest BCUT2D eigenvalue weighted by Crippen LogP contribution is -1.92. The van der Waals surface area contributed by atoms with E-state index in [1.807, 2.05) is 0 Å². The van der Waals surface area contributed by atoms with Gasteiger partial charge in [-0.3, -0.25) is 0 Å². The van der Waals surface area contributed by atoms with E-state index in [1.54, 1.807) is 13.8 Å². The van der Waals surface area contributed by atoms with E-state index in [0.717, 1.165) is 0 Å². The van der Waals surface area contributed by atoms with Crippen LogP contribution in [-0.4, -0.2) is 13.3 Å². The van der Waals surface area contributed by atoms with Crippen LogP contribution in [0.15, 0.2) is 12.3 Å². The Bertz CT molecular complexity index is 156. The third-order valence-corrected chi connectivity index (χ3v) is 2.88. The third-order valence-electron chi connectivity index (χ3n) is 0.960. The normalized spacial score (nSPS) is 15.9. The molecule has 1 unspecified atom stereocenters. The molecule has 0 fully saturated rings. The van der Waals surface area contributed by atoms with Crippen molar-refractivity contribution in [2.75, 3.05) is 13.3 Å². The molecular formula is C6H13O3P. The summed E-state index contributed by atoms with van der Waals surface area (Å²) < 4.78 is 20.8. The molecule has 0 heterocycles. The van der Waals surface area contributed by atoms with E-state index >= 15 is 0 Å². The molecule has 0 radical (unpaired) electrons. The van der Waals surface area contributed by atoms with Crippen molar-refractivity contribution in [1.82, 2.24) is 0 Å². The van der Waals surface area contributed by atoms with Gasteiger partial charge in [0.1, 0.15) is 0 Å². The topological polar surface area (TPSA) is 35.5 Å². The van der Waals surface area contributed by atoms with Gasteiger partial charge in [0.25, 0.3) is 0 Å². The average Bonchev–Trinajstić information content (AvgIpc) is 1.87. The van der Waals surface area contributed by atoms with Crippen LogP contribution in [0.3, 0.4) is 0 Å². The molecule has 60 valence electrons. The summed E-state index contributed by atoms with van der Waals surface area (Å²) in [7, 11) is -1.47. The first-order valence-electron chi connectivity index (χ1n) is 3.04. The van der Waals surface area contributed by atoms with Gasteiger partial charge in [-0.15, -0.1) is 0 Å². The Kier molecular flexibility index (Phi) is 3.69. The van der Waals surface area contributed by atoms with Crippen LogP contribution in [-0.2, 0) is 13.6 Å². The molecule has 0 spiro atoms. The fourth-order valence-electron chi connectivity index (χ4n) is 0.468. The number of rotatable bonds is 4. The van der Waals surface area contributed by atoms with Crippen molar-refractivity contribution in [3.05, 3.63) is 12.3 Å². The molecule has 0 N–H and O–H groups in total. The molecule has 0 saturated carbocycles. The maximum absolute atomic E-state index is 11.3. The second-order valence-corrected chi connectivity index (χ2v) is 4.30. The summed E-state index contributed by atoms with van der Waals surface area (Å²) in [5.41, 5.74) is 0. The van der Waals surface area contributed by atoms with Gasteiger partial charge >= 0.3 is 7.60 Å². The smallest absolute Gasteiger partial charge is 0.378 e. The zero-order valence-electron chi connectivity index (χ0n) is 6.59. The second-order valence-electron chi connectivity index (χ2n) is 1.90. The highest BCUT2D eigenvalue weighted by Crippen LogP contribution is 2.48. The summed E-state index contributed by atoms with van der Waals surface area (Å²) >= 11 is 0. The van der Waals surface area contributed by atoms with Gasteiger partial charge in [-0.25, -0.2) is 4.57 Å². The largest absolute Gasteiger partial charge is 0.430 e. The van der Waals surface area contributed by atoms with E-state index in [4.69, 9.17) is 4.52 Å². The van der Waals surface area contributed by atoms with Crippen LogP contribution in [0.1, 0.15) is 13.8 Å². The molecule has 0 aliphatic rings. The van der Waals surface area contributed by atoms with Crippen LogP contribution in [0.5, 0.6) is 0 Å². The fraction of sp³-hybridized carbons (Fsp3) is 0.667. The van der Waals surface area contributed by atoms with Gasteiger partial charge in [-0.1, -0.05) is 13.5 Å². The van der Waals surface area contributed by atoms with E-state index in [0.29, 0.717) is 11.9 Å². The molecule has 0 bridgehead atoms. The molecular weight excluding hydrogens is 151 g/mol. The van der Waals surface area contributed by atoms with E-state index < -0.39 is 7.60 Å². The van der Waals surface area contributed by atoms with Crippen molar-refractivity contribution in [3.8, 4) is 0 Å². The maximum Gasteiger partial charge on any atom is 0.378 e. The van der Waals surface area contributed by atoms with Crippen molar-refractivity contribution in [1.29, 1.82) is 0 Å². The first-order valence-corrected chi connectivity index (χ1v) is 4.76. The minimum atomic E-state index is -2.84. The predicted octanol–water partition coefficient (Wildman–Crippen LogP) is 2.40. The maximum atomic E-state index is 11.3. The van der Waals surface area contributed by atoms with Gasteiger partial charge in [0, 0.05) is 7.11 Å². The Labute approximate surface area is 61.6 Å². The van der Waals surface area contributed by atoms with E-state index in [1.165, 1.54) is 7.11 Å². The Morgan fingerprint density at radius 3 is 2.30 bits per heavy atom. The summed E-state index contributed by atoms with van der Waals surface area (Å²) in [6.45, 7) is 6.85. The van der Waals surface area contributed by atoms with Gasteiger partial charge in [0.05, 0.1) is 11.9 Å². The van der Waals surface area contributed by atoms with Crippen molar-refractivity contribution < 1.29 is 13.6 Å². The van der Waals surface area contributed by atoms with Crippen LogP contribution in [0.25, 0.3) is 0 Å². The van der Waals surface area contributed by atoms with Crippen LogP contribution in [0.2, 0.25) is 0 Å². The molecule has 10 heavy (non-hydrogen) atoms. The minimum Gasteiger partial charge on any atom is -0.430 e. The first-order chi connectivity index (χ1) is 4.54. The van der Waals surface area contributed by atoms with Crippen LogP contribution in [0, 0.1) is 0 Å². The van der Waals surface area contributed by atoms with Crippen molar-refractivity contribution >= 4 is 7.60 Å². The van der Waals surface area contributed by atoms with Gasteiger partial charge < -0.3 is 9.05 Å². The molecule has 0 aliphatic carbocycles. The molecule has 0 saturated heterocycles. The number of hydrogen-bond donors (Lipinski definition) is 0. The molecule has 0 aromatic rings. The summed E-state index contributed by atoms with van der Waals surface area (Å²) in [4.78, 5) is 0. The lowest BCUT2D eigenvalue weighted by Gasteiger charge is -2.14. The van der Waals surface area contributed by atoms with Crippen molar-refractivity contribution in [2.45, 2.75) is 13.8 Å². The van der Waals surface area contributed by atoms with Crippen molar-refractivity contribution in [2.24, 2.45) is 0 Å². The molecule has 0 aliphatic heterocycles. The highest BCUT2D eigenvalue weighted by Gasteiger charge is 2.20. The molecule has 0 amide bonds.